The van der Waals surface area contributed by atoms with E-state index >= 15 is 0 Å². The zero-order chi connectivity index (χ0) is 15.5. The largest absolute Gasteiger partial charge is 0.266 e. The number of hydrogen-bond acceptors (Lipinski definition) is 3. The first-order valence-corrected chi connectivity index (χ1v) is 8.51. The van der Waals surface area contributed by atoms with Gasteiger partial charge in [-0.05, 0) is 55.7 Å². The molecule has 0 fully saturated rings. The summed E-state index contributed by atoms with van der Waals surface area (Å²) in [6.07, 6.45) is 3.37. The third kappa shape index (κ3) is 3.82. The van der Waals surface area contributed by atoms with E-state index in [0.29, 0.717) is 12.2 Å². The molecule has 1 aromatic heterocycles. The lowest BCUT2D eigenvalue weighted by Gasteiger charge is -2.24. The molecule has 0 aliphatic heterocycles. The number of aromatic nitrogens is 1. The van der Waals surface area contributed by atoms with Gasteiger partial charge in [0.25, 0.3) is 0 Å². The Morgan fingerprint density at radius 3 is 2.33 bits per heavy atom. The Hall–Kier alpha value is -1.88. The quantitative estimate of drug-likeness (QED) is 0.853. The monoisotopic (exact) mass is 304 g/mol. The van der Waals surface area contributed by atoms with E-state index in [1.165, 1.54) is 4.31 Å². The Kier molecular flexibility index (Phi) is 4.63. The Bertz CT molecular complexity index is 692. The molecule has 2 aromatic rings. The van der Waals surface area contributed by atoms with Crippen molar-refractivity contribution < 1.29 is 8.42 Å². The predicted molar refractivity (Wildman–Crippen MR) is 85.8 cm³/mol. The minimum Gasteiger partial charge on any atom is -0.266 e. The number of aryl methyl sites for hydroxylation is 2. The second-order valence-electron chi connectivity index (χ2n) is 5.11. The Morgan fingerprint density at radius 2 is 1.81 bits per heavy atom. The van der Waals surface area contributed by atoms with Crippen molar-refractivity contribution in [3.8, 4) is 0 Å². The minimum atomic E-state index is -3.34. The van der Waals surface area contributed by atoms with Gasteiger partial charge in [-0.2, -0.15) is 0 Å². The first kappa shape index (κ1) is 15.5. The van der Waals surface area contributed by atoms with Crippen molar-refractivity contribution in [1.82, 2.24) is 4.98 Å². The molecule has 5 heteroatoms. The van der Waals surface area contributed by atoms with E-state index in [1.807, 2.05) is 44.2 Å². The van der Waals surface area contributed by atoms with E-state index in [2.05, 4.69) is 4.98 Å². The van der Waals surface area contributed by atoms with Crippen molar-refractivity contribution >= 4 is 15.7 Å². The van der Waals surface area contributed by atoms with E-state index in [4.69, 9.17) is 0 Å². The van der Waals surface area contributed by atoms with Crippen molar-refractivity contribution in [3.05, 3.63) is 59.4 Å². The fourth-order valence-electron chi connectivity index (χ4n) is 2.26. The van der Waals surface area contributed by atoms with Gasteiger partial charge < -0.3 is 0 Å². The molecule has 21 heavy (non-hydrogen) atoms. The van der Waals surface area contributed by atoms with Crippen LogP contribution in [0, 0.1) is 13.8 Å². The van der Waals surface area contributed by atoms with Crippen LogP contribution >= 0.6 is 0 Å². The van der Waals surface area contributed by atoms with Crippen LogP contribution < -0.4 is 4.31 Å². The summed E-state index contributed by atoms with van der Waals surface area (Å²) < 4.78 is 26.3. The molecule has 0 bridgehead atoms. The Balaban J connectivity index is 2.46. The van der Waals surface area contributed by atoms with Crippen LogP contribution in [0.3, 0.4) is 0 Å². The summed E-state index contributed by atoms with van der Waals surface area (Å²) in [4.78, 5) is 4.05. The van der Waals surface area contributed by atoms with Gasteiger partial charge in [0.15, 0.2) is 0 Å². The molecule has 0 saturated heterocycles. The highest BCUT2D eigenvalue weighted by Gasteiger charge is 2.21. The summed E-state index contributed by atoms with van der Waals surface area (Å²) in [5.41, 5.74) is 3.67. The molecule has 0 aliphatic carbocycles. The maximum absolute atomic E-state index is 12.4. The van der Waals surface area contributed by atoms with Gasteiger partial charge in [-0.1, -0.05) is 12.1 Å². The number of sulfonamides is 1. The number of nitrogens with zero attached hydrogens (tertiary/aromatic N) is 2. The van der Waals surface area contributed by atoms with Gasteiger partial charge >= 0.3 is 0 Å². The Morgan fingerprint density at radius 1 is 1.14 bits per heavy atom. The van der Waals surface area contributed by atoms with Gasteiger partial charge in [-0.15, -0.1) is 0 Å². The van der Waals surface area contributed by atoms with E-state index in [9.17, 15) is 8.42 Å². The summed E-state index contributed by atoms with van der Waals surface area (Å²) in [7, 11) is -3.34. The first-order chi connectivity index (χ1) is 9.92. The van der Waals surface area contributed by atoms with Crippen LogP contribution in [0.5, 0.6) is 0 Å². The minimum absolute atomic E-state index is 0.0697. The molecule has 0 amide bonds. The van der Waals surface area contributed by atoms with Crippen LogP contribution in [-0.2, 0) is 16.6 Å². The van der Waals surface area contributed by atoms with Crippen molar-refractivity contribution in [1.29, 1.82) is 0 Å². The second kappa shape index (κ2) is 6.26. The molecule has 112 valence electrons. The maximum atomic E-state index is 12.4. The van der Waals surface area contributed by atoms with Crippen molar-refractivity contribution in [2.45, 2.75) is 27.3 Å². The average molecular weight is 304 g/mol. The molecular formula is C16H20N2O2S. The van der Waals surface area contributed by atoms with Crippen LogP contribution in [0.4, 0.5) is 5.69 Å². The van der Waals surface area contributed by atoms with Crippen molar-refractivity contribution in [2.75, 3.05) is 10.1 Å². The van der Waals surface area contributed by atoms with Crippen molar-refractivity contribution in [2.24, 2.45) is 0 Å². The van der Waals surface area contributed by atoms with Crippen LogP contribution in [0.25, 0.3) is 0 Å². The number of hydrogen-bond donors (Lipinski definition) is 0. The van der Waals surface area contributed by atoms with Gasteiger partial charge in [-0.3, -0.25) is 9.29 Å². The summed E-state index contributed by atoms with van der Waals surface area (Å²) in [5, 5.41) is 0. The highest BCUT2D eigenvalue weighted by Crippen LogP contribution is 2.24. The summed E-state index contributed by atoms with van der Waals surface area (Å²) in [6.45, 7) is 5.90. The lowest BCUT2D eigenvalue weighted by molar-refractivity contribution is 0.591. The zero-order valence-electron chi connectivity index (χ0n) is 12.6. The predicted octanol–water partition coefficient (Wildman–Crippen LogP) is 3.05. The molecule has 4 nitrogen and oxygen atoms in total. The topological polar surface area (TPSA) is 50.3 Å². The van der Waals surface area contributed by atoms with Gasteiger partial charge in [0.05, 0.1) is 18.0 Å². The lowest BCUT2D eigenvalue weighted by atomic mass is 10.1. The van der Waals surface area contributed by atoms with E-state index in [0.717, 1.165) is 16.7 Å². The number of pyridine rings is 1. The van der Waals surface area contributed by atoms with Crippen LogP contribution in [0.1, 0.15) is 23.6 Å². The van der Waals surface area contributed by atoms with E-state index < -0.39 is 10.0 Å². The summed E-state index contributed by atoms with van der Waals surface area (Å²) >= 11 is 0. The summed E-state index contributed by atoms with van der Waals surface area (Å²) in [6, 6.07) is 9.53. The molecule has 0 atom stereocenters. The SMILES string of the molecule is CCS(=O)(=O)N(Cc1cccnc1)c1cc(C)cc(C)c1. The lowest BCUT2D eigenvalue weighted by Crippen LogP contribution is -2.32. The standard InChI is InChI=1S/C16H20N2O2S/c1-4-21(19,20)18(12-15-6-5-7-17-11-15)16-9-13(2)8-14(3)10-16/h5-11H,4,12H2,1-3H3. The van der Waals surface area contributed by atoms with Crippen molar-refractivity contribution in [3.63, 3.8) is 0 Å². The maximum Gasteiger partial charge on any atom is 0.235 e. The number of benzene rings is 1. The van der Waals surface area contributed by atoms with Gasteiger partial charge in [-0.25, -0.2) is 8.42 Å². The van der Waals surface area contributed by atoms with Crippen LogP contribution in [-0.4, -0.2) is 19.2 Å². The van der Waals surface area contributed by atoms with Crippen LogP contribution in [0.2, 0.25) is 0 Å². The molecule has 0 radical (unpaired) electrons. The zero-order valence-corrected chi connectivity index (χ0v) is 13.4. The average Bonchev–Trinajstić information content (AvgIpc) is 2.44. The first-order valence-electron chi connectivity index (χ1n) is 6.90. The molecule has 2 rings (SSSR count). The number of anilines is 1. The molecule has 1 aromatic carbocycles. The van der Waals surface area contributed by atoms with Gasteiger partial charge in [0.1, 0.15) is 0 Å². The molecule has 0 spiro atoms. The molecule has 1 heterocycles. The molecule has 0 saturated carbocycles. The molecule has 0 aliphatic rings. The Labute approximate surface area is 126 Å². The normalized spacial score (nSPS) is 11.4. The second-order valence-corrected chi connectivity index (χ2v) is 7.30. The van der Waals surface area contributed by atoms with E-state index in [-0.39, 0.29) is 5.75 Å². The third-order valence-corrected chi connectivity index (χ3v) is 4.99. The van der Waals surface area contributed by atoms with E-state index in [1.54, 1.807) is 19.3 Å². The summed E-state index contributed by atoms with van der Waals surface area (Å²) in [5.74, 6) is 0.0697. The smallest absolute Gasteiger partial charge is 0.235 e. The van der Waals surface area contributed by atoms with Gasteiger partial charge in [0.2, 0.25) is 10.0 Å². The third-order valence-electron chi connectivity index (χ3n) is 3.24. The molecule has 0 unspecified atom stereocenters. The highest BCUT2D eigenvalue weighted by molar-refractivity contribution is 7.92. The van der Waals surface area contributed by atoms with Crippen LogP contribution in [0.15, 0.2) is 42.7 Å². The van der Waals surface area contributed by atoms with Gasteiger partial charge in [0, 0.05) is 12.4 Å². The number of rotatable bonds is 5. The molecule has 0 N–H and O–H groups in total. The molecular weight excluding hydrogens is 284 g/mol. The fourth-order valence-corrected chi connectivity index (χ4v) is 3.34. The fraction of sp³-hybridized carbons (Fsp3) is 0.312. The highest BCUT2D eigenvalue weighted by atomic mass is 32.2.